The van der Waals surface area contributed by atoms with Gasteiger partial charge in [-0.25, -0.2) is 4.68 Å². The zero-order valence-electron chi connectivity index (χ0n) is 21.1. The van der Waals surface area contributed by atoms with Gasteiger partial charge < -0.3 is 9.73 Å². The van der Waals surface area contributed by atoms with E-state index in [4.69, 9.17) is 9.52 Å². The van der Waals surface area contributed by atoms with E-state index in [9.17, 15) is 4.79 Å². The van der Waals surface area contributed by atoms with Crippen LogP contribution in [0.4, 0.5) is 0 Å². The Hall–Kier alpha value is -4.52. The Morgan fingerprint density at radius 3 is 2.32 bits per heavy atom. The van der Waals surface area contributed by atoms with Crippen molar-refractivity contribution < 1.29 is 9.21 Å². The van der Waals surface area contributed by atoms with Crippen LogP contribution in [0.5, 0.6) is 0 Å². The van der Waals surface area contributed by atoms with Crippen LogP contribution in [0, 0.1) is 6.92 Å². The van der Waals surface area contributed by atoms with E-state index in [1.54, 1.807) is 6.92 Å². The predicted molar refractivity (Wildman–Crippen MR) is 142 cm³/mol. The monoisotopic (exact) mass is 491 g/mol. The van der Waals surface area contributed by atoms with Crippen molar-refractivity contribution in [3.8, 4) is 17.3 Å². The van der Waals surface area contributed by atoms with E-state index < -0.39 is 0 Å². The second kappa shape index (κ2) is 10.6. The van der Waals surface area contributed by atoms with Gasteiger partial charge in [0.25, 0.3) is 11.8 Å². The number of aromatic nitrogens is 4. The second-order valence-corrected chi connectivity index (χ2v) is 9.32. The maximum Gasteiger partial charge on any atom is 0.268 e. The summed E-state index contributed by atoms with van der Waals surface area (Å²) in [6.45, 7) is 5.95. The fourth-order valence-corrected chi connectivity index (χ4v) is 4.33. The van der Waals surface area contributed by atoms with Crippen LogP contribution >= 0.6 is 0 Å². The van der Waals surface area contributed by atoms with Crippen LogP contribution in [-0.4, -0.2) is 25.9 Å². The molecule has 0 unspecified atom stereocenters. The molecule has 0 aliphatic carbocycles. The summed E-state index contributed by atoms with van der Waals surface area (Å²) in [6, 6.07) is 29.5. The molecule has 0 fully saturated rings. The highest BCUT2D eigenvalue weighted by Gasteiger charge is 2.20. The molecule has 2 aromatic heterocycles. The molecule has 0 saturated heterocycles. The summed E-state index contributed by atoms with van der Waals surface area (Å²) >= 11 is 0. The van der Waals surface area contributed by atoms with Crippen molar-refractivity contribution in [1.82, 2.24) is 25.3 Å². The highest BCUT2D eigenvalue weighted by Crippen LogP contribution is 2.26. The lowest BCUT2D eigenvalue weighted by Gasteiger charge is -2.20. The van der Waals surface area contributed by atoms with Crippen molar-refractivity contribution in [3.63, 3.8) is 0 Å². The summed E-state index contributed by atoms with van der Waals surface area (Å²) < 4.78 is 7.43. The molecular formula is C30H29N5O2. The van der Waals surface area contributed by atoms with Gasteiger partial charge in [-0.3, -0.25) is 4.79 Å². The molecule has 5 rings (SSSR count). The summed E-state index contributed by atoms with van der Waals surface area (Å²) in [5.74, 6) is 0.908. The number of carbonyl (C=O) groups excluding carboxylic acids is 1. The first-order chi connectivity index (χ1) is 18.0. The van der Waals surface area contributed by atoms with Gasteiger partial charge in [0.15, 0.2) is 0 Å². The fraction of sp³-hybridized carbons (Fsp3) is 0.200. The molecule has 1 N–H and O–H groups in total. The molecule has 186 valence electrons. The van der Waals surface area contributed by atoms with Crippen molar-refractivity contribution in [2.75, 3.05) is 0 Å². The van der Waals surface area contributed by atoms with Crippen LogP contribution in [0.15, 0.2) is 95.4 Å². The highest BCUT2D eigenvalue weighted by atomic mass is 16.4. The van der Waals surface area contributed by atoms with E-state index in [1.165, 1.54) is 0 Å². The minimum Gasteiger partial charge on any atom is -0.420 e. The molecule has 1 atom stereocenters. The fourth-order valence-electron chi connectivity index (χ4n) is 4.33. The van der Waals surface area contributed by atoms with E-state index in [0.717, 1.165) is 22.5 Å². The molecule has 0 radical (unpaired) electrons. The zero-order valence-corrected chi connectivity index (χ0v) is 21.1. The Labute approximate surface area is 216 Å². The molecule has 7 nitrogen and oxygen atoms in total. The first-order valence-corrected chi connectivity index (χ1v) is 12.4. The number of hydrogen-bond acceptors (Lipinski definition) is 5. The number of hydrogen-bond donors (Lipinski definition) is 1. The topological polar surface area (TPSA) is 85.8 Å². The number of carbonyl (C=O) groups is 1. The third kappa shape index (κ3) is 5.51. The Morgan fingerprint density at radius 1 is 0.919 bits per heavy atom. The average molecular weight is 492 g/mol. The largest absolute Gasteiger partial charge is 0.420 e. The van der Waals surface area contributed by atoms with Gasteiger partial charge in [-0.15, -0.1) is 10.2 Å². The Bertz CT molecular complexity index is 1490. The molecule has 1 amide bonds. The molecular weight excluding hydrogens is 462 g/mol. The minimum absolute atomic E-state index is 0.141. The third-order valence-corrected chi connectivity index (χ3v) is 6.22. The summed E-state index contributed by atoms with van der Waals surface area (Å²) in [5.41, 5.74) is 5.16. The van der Waals surface area contributed by atoms with Gasteiger partial charge in [0.2, 0.25) is 5.89 Å². The molecule has 2 heterocycles. The maximum atomic E-state index is 13.5. The lowest BCUT2D eigenvalue weighted by Crippen LogP contribution is -2.30. The lowest BCUT2D eigenvalue weighted by atomic mass is 9.98. The summed E-state index contributed by atoms with van der Waals surface area (Å²) in [4.78, 5) is 13.5. The molecule has 7 heteroatoms. The van der Waals surface area contributed by atoms with Crippen molar-refractivity contribution in [2.24, 2.45) is 0 Å². The van der Waals surface area contributed by atoms with E-state index in [0.29, 0.717) is 29.5 Å². The molecule has 3 aromatic carbocycles. The molecule has 0 aliphatic rings. The van der Waals surface area contributed by atoms with Gasteiger partial charge >= 0.3 is 0 Å². The van der Waals surface area contributed by atoms with Crippen LogP contribution in [0.1, 0.15) is 58.9 Å². The third-order valence-electron chi connectivity index (χ3n) is 6.22. The Kier molecular flexibility index (Phi) is 6.94. The first-order valence-electron chi connectivity index (χ1n) is 12.4. The normalized spacial score (nSPS) is 12.0. The number of nitrogens with one attached hydrogen (secondary N) is 1. The van der Waals surface area contributed by atoms with Crippen molar-refractivity contribution in [3.05, 3.63) is 119 Å². The molecule has 0 saturated carbocycles. The van der Waals surface area contributed by atoms with E-state index in [2.05, 4.69) is 41.5 Å². The SMILES string of the molecule is Cc1nnc(-c2cc(C(C)C)n(-c3cccc(C(=O)N[C@H](Cc4ccccc4)c4ccccc4)c3)n2)o1. The van der Waals surface area contributed by atoms with Gasteiger partial charge in [-0.2, -0.15) is 5.10 Å². The van der Waals surface area contributed by atoms with Crippen LogP contribution in [0.3, 0.4) is 0 Å². The molecule has 0 aliphatic heterocycles. The van der Waals surface area contributed by atoms with Gasteiger partial charge in [0.05, 0.1) is 11.7 Å². The first kappa shape index (κ1) is 24.2. The average Bonchev–Trinajstić information content (AvgIpc) is 3.56. The van der Waals surface area contributed by atoms with Gasteiger partial charge in [0.1, 0.15) is 5.69 Å². The molecule has 0 spiro atoms. The van der Waals surface area contributed by atoms with Crippen LogP contribution in [0.25, 0.3) is 17.3 Å². The Balaban J connectivity index is 1.44. The number of aryl methyl sites for hydroxylation is 1. The van der Waals surface area contributed by atoms with Gasteiger partial charge in [-0.1, -0.05) is 80.6 Å². The standard InChI is InChI=1S/C30H29N5O2/c1-20(2)28-19-27(30-33-32-21(3)37-30)34-35(28)25-16-10-15-24(18-25)29(36)31-26(23-13-8-5-9-14-23)17-22-11-6-4-7-12-22/h4-16,18-20,26H,17H2,1-3H3,(H,31,36)/t26-/m1/s1. The predicted octanol–water partition coefficient (Wildman–Crippen LogP) is 6.07. The number of amides is 1. The minimum atomic E-state index is -0.164. The summed E-state index contributed by atoms with van der Waals surface area (Å²) in [7, 11) is 0. The number of nitrogens with zero attached hydrogens (tertiary/aromatic N) is 4. The van der Waals surface area contributed by atoms with Gasteiger partial charge in [-0.05, 0) is 47.7 Å². The van der Waals surface area contributed by atoms with Crippen molar-refractivity contribution >= 4 is 5.91 Å². The van der Waals surface area contributed by atoms with E-state index in [-0.39, 0.29) is 17.9 Å². The van der Waals surface area contributed by atoms with E-state index in [1.807, 2.05) is 83.5 Å². The smallest absolute Gasteiger partial charge is 0.268 e. The van der Waals surface area contributed by atoms with Crippen LogP contribution in [0.2, 0.25) is 0 Å². The summed E-state index contributed by atoms with van der Waals surface area (Å²) in [6.07, 6.45) is 0.694. The second-order valence-electron chi connectivity index (χ2n) is 9.32. The van der Waals surface area contributed by atoms with Gasteiger partial charge in [0, 0.05) is 18.2 Å². The van der Waals surface area contributed by atoms with Crippen molar-refractivity contribution in [2.45, 2.75) is 39.2 Å². The van der Waals surface area contributed by atoms with Crippen LogP contribution < -0.4 is 5.32 Å². The highest BCUT2D eigenvalue weighted by molar-refractivity contribution is 5.95. The molecule has 0 bridgehead atoms. The van der Waals surface area contributed by atoms with Crippen molar-refractivity contribution in [1.29, 1.82) is 0 Å². The molecule has 5 aromatic rings. The number of rotatable bonds is 8. The number of benzene rings is 3. The Morgan fingerprint density at radius 2 is 1.65 bits per heavy atom. The van der Waals surface area contributed by atoms with E-state index >= 15 is 0 Å². The lowest BCUT2D eigenvalue weighted by molar-refractivity contribution is 0.0936. The maximum absolute atomic E-state index is 13.5. The van der Waals surface area contributed by atoms with Crippen LogP contribution in [-0.2, 0) is 6.42 Å². The summed E-state index contributed by atoms with van der Waals surface area (Å²) in [5, 5.41) is 16.0. The quantitative estimate of drug-likeness (QED) is 0.285. The zero-order chi connectivity index (χ0) is 25.8. The molecule has 37 heavy (non-hydrogen) atoms.